The van der Waals surface area contributed by atoms with Crippen molar-refractivity contribution in [1.82, 2.24) is 4.98 Å². The lowest BCUT2D eigenvalue weighted by Crippen LogP contribution is -2.08. The summed E-state index contributed by atoms with van der Waals surface area (Å²) < 4.78 is 0. The second-order valence-electron chi connectivity index (χ2n) is 5.01. The monoisotopic (exact) mass is 220 g/mol. The van der Waals surface area contributed by atoms with Crippen LogP contribution in [0.25, 0.3) is 0 Å². The Morgan fingerprint density at radius 1 is 1.62 bits per heavy atom. The van der Waals surface area contributed by atoms with Crippen molar-refractivity contribution in [2.24, 2.45) is 11.3 Å². The Hall–Kier alpha value is -1.58. The van der Waals surface area contributed by atoms with Gasteiger partial charge in [-0.15, -0.1) is 0 Å². The number of hydrogen-bond acceptors (Lipinski definition) is 3. The summed E-state index contributed by atoms with van der Waals surface area (Å²) >= 11 is 0. The van der Waals surface area contributed by atoms with Gasteiger partial charge in [-0.25, -0.2) is 9.78 Å². The normalized spacial score (nSPS) is 21.5. The summed E-state index contributed by atoms with van der Waals surface area (Å²) in [5.41, 5.74) is 1.42. The molecule has 0 radical (unpaired) electrons. The lowest BCUT2D eigenvalue weighted by atomic mass is 10.1. The van der Waals surface area contributed by atoms with Crippen molar-refractivity contribution in [1.29, 1.82) is 0 Å². The fraction of sp³-hybridized carbons (Fsp3) is 0.500. The van der Waals surface area contributed by atoms with E-state index in [4.69, 9.17) is 5.11 Å². The average molecular weight is 220 g/mol. The molecular formula is C12H16N2O2. The van der Waals surface area contributed by atoms with E-state index in [1.807, 2.05) is 0 Å². The highest BCUT2D eigenvalue weighted by Gasteiger charge is 2.44. The SMILES string of the molecule is CC1(C)CC1CNc1ccc(C(=O)O)nc1. The van der Waals surface area contributed by atoms with E-state index in [1.165, 1.54) is 12.5 Å². The maximum atomic E-state index is 10.6. The van der Waals surface area contributed by atoms with Crippen molar-refractivity contribution in [3.63, 3.8) is 0 Å². The third-order valence-corrected chi connectivity index (χ3v) is 3.25. The fourth-order valence-corrected chi connectivity index (χ4v) is 1.79. The van der Waals surface area contributed by atoms with Gasteiger partial charge in [-0.2, -0.15) is 0 Å². The molecule has 1 aromatic heterocycles. The highest BCUT2D eigenvalue weighted by Crippen LogP contribution is 2.51. The smallest absolute Gasteiger partial charge is 0.354 e. The van der Waals surface area contributed by atoms with Crippen LogP contribution in [-0.4, -0.2) is 22.6 Å². The molecule has 2 N–H and O–H groups in total. The summed E-state index contributed by atoms with van der Waals surface area (Å²) in [6.45, 7) is 5.44. The molecule has 4 nitrogen and oxygen atoms in total. The van der Waals surface area contributed by atoms with E-state index in [0.717, 1.165) is 12.2 Å². The minimum absolute atomic E-state index is 0.0808. The van der Waals surface area contributed by atoms with Gasteiger partial charge in [0.05, 0.1) is 11.9 Å². The maximum absolute atomic E-state index is 10.6. The summed E-state index contributed by atoms with van der Waals surface area (Å²) in [5, 5.41) is 12.0. The van der Waals surface area contributed by atoms with Crippen LogP contribution in [0.15, 0.2) is 18.3 Å². The lowest BCUT2D eigenvalue weighted by molar-refractivity contribution is 0.0690. The number of nitrogens with one attached hydrogen (secondary N) is 1. The Labute approximate surface area is 94.7 Å². The molecule has 1 aliphatic rings. The second kappa shape index (κ2) is 3.77. The Morgan fingerprint density at radius 3 is 2.75 bits per heavy atom. The standard InChI is InChI=1S/C12H16N2O2/c1-12(2)5-8(12)6-13-9-3-4-10(11(15)16)14-7-9/h3-4,7-8,13H,5-6H2,1-2H3,(H,15,16). The van der Waals surface area contributed by atoms with Gasteiger partial charge in [0.2, 0.25) is 0 Å². The van der Waals surface area contributed by atoms with Crippen molar-refractivity contribution in [2.45, 2.75) is 20.3 Å². The van der Waals surface area contributed by atoms with Crippen LogP contribution in [0.1, 0.15) is 30.8 Å². The molecule has 1 aromatic rings. The molecule has 0 bridgehead atoms. The number of aromatic carboxylic acids is 1. The fourth-order valence-electron chi connectivity index (χ4n) is 1.79. The molecule has 1 heterocycles. The molecule has 0 aromatic carbocycles. The number of carboxylic acid groups (broad SMARTS) is 1. The number of carboxylic acids is 1. The molecule has 1 saturated carbocycles. The van der Waals surface area contributed by atoms with Crippen LogP contribution in [0.4, 0.5) is 5.69 Å². The van der Waals surface area contributed by atoms with Gasteiger partial charge >= 0.3 is 5.97 Å². The van der Waals surface area contributed by atoms with E-state index in [0.29, 0.717) is 11.3 Å². The van der Waals surface area contributed by atoms with Crippen LogP contribution in [0, 0.1) is 11.3 Å². The number of rotatable bonds is 4. The summed E-state index contributed by atoms with van der Waals surface area (Å²) in [6, 6.07) is 3.27. The number of anilines is 1. The first-order chi connectivity index (χ1) is 7.49. The van der Waals surface area contributed by atoms with Crippen LogP contribution in [0.2, 0.25) is 0 Å². The van der Waals surface area contributed by atoms with Gasteiger partial charge < -0.3 is 10.4 Å². The number of pyridine rings is 1. The Kier molecular flexibility index (Phi) is 2.58. The number of nitrogens with zero attached hydrogens (tertiary/aromatic N) is 1. The highest BCUT2D eigenvalue weighted by atomic mass is 16.4. The minimum Gasteiger partial charge on any atom is -0.477 e. The predicted octanol–water partition coefficient (Wildman–Crippen LogP) is 2.24. The van der Waals surface area contributed by atoms with Crippen molar-refractivity contribution in [3.8, 4) is 0 Å². The van der Waals surface area contributed by atoms with E-state index in [9.17, 15) is 4.79 Å². The lowest BCUT2D eigenvalue weighted by Gasteiger charge is -2.07. The van der Waals surface area contributed by atoms with E-state index < -0.39 is 5.97 Å². The highest BCUT2D eigenvalue weighted by molar-refractivity contribution is 5.85. The first-order valence-electron chi connectivity index (χ1n) is 5.42. The Bertz CT molecular complexity index is 398. The summed E-state index contributed by atoms with van der Waals surface area (Å²) in [6.07, 6.45) is 2.82. The van der Waals surface area contributed by atoms with Crippen LogP contribution in [-0.2, 0) is 0 Å². The van der Waals surface area contributed by atoms with E-state index in [2.05, 4.69) is 24.1 Å². The first-order valence-corrected chi connectivity index (χ1v) is 5.42. The van der Waals surface area contributed by atoms with Gasteiger partial charge in [0.15, 0.2) is 0 Å². The van der Waals surface area contributed by atoms with Gasteiger partial charge in [0, 0.05) is 6.54 Å². The molecule has 0 aliphatic heterocycles. The molecule has 1 unspecified atom stereocenters. The predicted molar refractivity (Wildman–Crippen MR) is 61.6 cm³/mol. The van der Waals surface area contributed by atoms with Crippen LogP contribution < -0.4 is 5.32 Å². The second-order valence-corrected chi connectivity index (χ2v) is 5.01. The van der Waals surface area contributed by atoms with E-state index >= 15 is 0 Å². The number of hydrogen-bond donors (Lipinski definition) is 2. The summed E-state index contributed by atoms with van der Waals surface area (Å²) in [5.74, 6) is -0.276. The van der Waals surface area contributed by atoms with Gasteiger partial charge in [0.25, 0.3) is 0 Å². The van der Waals surface area contributed by atoms with Gasteiger partial charge in [0.1, 0.15) is 5.69 Å². The van der Waals surface area contributed by atoms with Crippen molar-refractivity contribution in [2.75, 3.05) is 11.9 Å². The van der Waals surface area contributed by atoms with Crippen molar-refractivity contribution in [3.05, 3.63) is 24.0 Å². The molecular weight excluding hydrogens is 204 g/mol. The number of aromatic nitrogens is 1. The van der Waals surface area contributed by atoms with Crippen molar-refractivity contribution >= 4 is 11.7 Å². The quantitative estimate of drug-likeness (QED) is 0.816. The zero-order valence-corrected chi connectivity index (χ0v) is 9.53. The molecule has 0 spiro atoms. The molecule has 0 saturated heterocycles. The topological polar surface area (TPSA) is 62.2 Å². The Morgan fingerprint density at radius 2 is 2.31 bits per heavy atom. The summed E-state index contributed by atoms with van der Waals surface area (Å²) in [7, 11) is 0. The average Bonchev–Trinajstić information content (AvgIpc) is 2.84. The largest absolute Gasteiger partial charge is 0.477 e. The molecule has 1 atom stereocenters. The zero-order chi connectivity index (χ0) is 11.8. The van der Waals surface area contributed by atoms with Crippen LogP contribution >= 0.6 is 0 Å². The molecule has 1 fully saturated rings. The van der Waals surface area contributed by atoms with Gasteiger partial charge in [-0.3, -0.25) is 0 Å². The maximum Gasteiger partial charge on any atom is 0.354 e. The zero-order valence-electron chi connectivity index (χ0n) is 9.53. The molecule has 16 heavy (non-hydrogen) atoms. The summed E-state index contributed by atoms with van der Waals surface area (Å²) in [4.78, 5) is 14.4. The van der Waals surface area contributed by atoms with Gasteiger partial charge in [-0.05, 0) is 29.9 Å². The molecule has 0 amide bonds. The molecule has 1 aliphatic carbocycles. The Balaban J connectivity index is 1.88. The van der Waals surface area contributed by atoms with Crippen molar-refractivity contribution < 1.29 is 9.90 Å². The third-order valence-electron chi connectivity index (χ3n) is 3.25. The van der Waals surface area contributed by atoms with Crippen LogP contribution in [0.3, 0.4) is 0 Å². The first kappa shape index (κ1) is 10.9. The minimum atomic E-state index is -0.991. The van der Waals surface area contributed by atoms with E-state index in [-0.39, 0.29) is 5.69 Å². The van der Waals surface area contributed by atoms with E-state index in [1.54, 1.807) is 12.3 Å². The number of carbonyl (C=O) groups is 1. The third kappa shape index (κ3) is 2.32. The molecule has 86 valence electrons. The van der Waals surface area contributed by atoms with Crippen LogP contribution in [0.5, 0.6) is 0 Å². The molecule has 4 heteroatoms. The molecule has 2 rings (SSSR count). The van der Waals surface area contributed by atoms with Gasteiger partial charge in [-0.1, -0.05) is 13.8 Å².